The van der Waals surface area contributed by atoms with E-state index in [1.165, 1.54) is 12.8 Å². The summed E-state index contributed by atoms with van der Waals surface area (Å²) < 4.78 is 0. The maximum Gasteiger partial charge on any atom is 0.254 e. The van der Waals surface area contributed by atoms with Gasteiger partial charge in [-0.3, -0.25) is 9.59 Å². The van der Waals surface area contributed by atoms with Crippen molar-refractivity contribution in [3.8, 4) is 0 Å². The summed E-state index contributed by atoms with van der Waals surface area (Å²) in [6.07, 6.45) is 8.67. The predicted octanol–water partition coefficient (Wildman–Crippen LogP) is 3.99. The van der Waals surface area contributed by atoms with Crippen LogP contribution in [0.5, 0.6) is 0 Å². The summed E-state index contributed by atoms with van der Waals surface area (Å²) in [5.74, 6) is 1.23. The summed E-state index contributed by atoms with van der Waals surface area (Å²) in [5.41, 5.74) is 1.86. The van der Waals surface area contributed by atoms with Crippen molar-refractivity contribution in [3.05, 3.63) is 35.4 Å². The molecule has 0 unspecified atom stereocenters. The van der Waals surface area contributed by atoms with Crippen molar-refractivity contribution in [2.45, 2.75) is 76.9 Å². The molecule has 140 valence electrons. The molecule has 4 rings (SSSR count). The summed E-state index contributed by atoms with van der Waals surface area (Å²) in [6, 6.07) is 8.82. The number of carbonyl (C=O) groups excluding carboxylic acids is 2. The Morgan fingerprint density at radius 1 is 1.12 bits per heavy atom. The van der Waals surface area contributed by atoms with Crippen LogP contribution in [0, 0.1) is 5.92 Å². The summed E-state index contributed by atoms with van der Waals surface area (Å²) in [4.78, 5) is 29.3. The molecule has 1 aliphatic heterocycles. The second kappa shape index (κ2) is 7.42. The van der Waals surface area contributed by atoms with Gasteiger partial charge in [0.05, 0.1) is 0 Å². The topological polar surface area (TPSA) is 40.6 Å². The number of nitrogens with zero attached hydrogens (tertiary/aromatic N) is 2. The van der Waals surface area contributed by atoms with Gasteiger partial charge in [0.2, 0.25) is 5.91 Å². The lowest BCUT2D eigenvalue weighted by Gasteiger charge is -2.36. The van der Waals surface area contributed by atoms with E-state index in [1.54, 1.807) is 0 Å². The van der Waals surface area contributed by atoms with E-state index in [2.05, 4.69) is 11.8 Å². The summed E-state index contributed by atoms with van der Waals surface area (Å²) >= 11 is 0. The van der Waals surface area contributed by atoms with E-state index in [1.807, 2.05) is 29.2 Å². The molecule has 1 aromatic rings. The highest BCUT2D eigenvalue weighted by molar-refractivity contribution is 5.95. The van der Waals surface area contributed by atoms with E-state index in [0.717, 1.165) is 55.7 Å². The van der Waals surface area contributed by atoms with Gasteiger partial charge in [-0.2, -0.15) is 0 Å². The van der Waals surface area contributed by atoms with Crippen LogP contribution in [0.3, 0.4) is 0 Å². The molecular weight excluding hydrogens is 324 g/mol. The Labute approximate surface area is 156 Å². The fourth-order valence-corrected chi connectivity index (χ4v) is 4.55. The molecule has 0 N–H and O–H groups in total. The number of hydrogen-bond acceptors (Lipinski definition) is 2. The van der Waals surface area contributed by atoms with E-state index in [9.17, 15) is 9.59 Å². The van der Waals surface area contributed by atoms with Crippen LogP contribution in [0.4, 0.5) is 0 Å². The maximum absolute atomic E-state index is 13.3. The average molecular weight is 354 g/mol. The molecule has 1 saturated heterocycles. The first-order valence-electron chi connectivity index (χ1n) is 10.3. The molecule has 0 spiro atoms. The van der Waals surface area contributed by atoms with Crippen molar-refractivity contribution in [2.24, 2.45) is 5.92 Å². The molecule has 26 heavy (non-hydrogen) atoms. The lowest BCUT2D eigenvalue weighted by Crippen LogP contribution is -2.43. The van der Waals surface area contributed by atoms with E-state index in [0.29, 0.717) is 25.0 Å². The fraction of sp³-hybridized carbons (Fsp3) is 0.636. The number of benzene rings is 1. The number of hydrogen-bond donors (Lipinski definition) is 0. The van der Waals surface area contributed by atoms with Gasteiger partial charge in [0, 0.05) is 37.2 Å². The molecule has 4 heteroatoms. The lowest BCUT2D eigenvalue weighted by molar-refractivity contribution is -0.128. The van der Waals surface area contributed by atoms with Crippen molar-refractivity contribution < 1.29 is 9.59 Å². The minimum Gasteiger partial charge on any atom is -0.338 e. The number of rotatable bonds is 5. The number of amides is 2. The molecule has 0 aromatic heterocycles. The smallest absolute Gasteiger partial charge is 0.254 e. The number of likely N-dealkylation sites (tertiary alicyclic amines) is 1. The Kier molecular flexibility index (Phi) is 5.01. The highest BCUT2D eigenvalue weighted by Gasteiger charge is 2.38. The summed E-state index contributed by atoms with van der Waals surface area (Å²) in [6.45, 7) is 3.79. The van der Waals surface area contributed by atoms with Gasteiger partial charge in [-0.15, -0.1) is 0 Å². The third kappa shape index (κ3) is 3.79. The minimum atomic E-state index is 0.196. The van der Waals surface area contributed by atoms with Crippen molar-refractivity contribution >= 4 is 11.8 Å². The molecule has 3 fully saturated rings. The number of carbonyl (C=O) groups is 2. The largest absolute Gasteiger partial charge is 0.338 e. The van der Waals surface area contributed by atoms with Crippen LogP contribution in [0.15, 0.2) is 24.3 Å². The Bertz CT molecular complexity index is 674. The highest BCUT2D eigenvalue weighted by Crippen LogP contribution is 2.36. The molecule has 0 bridgehead atoms. The Hall–Kier alpha value is -1.84. The molecular formula is C22H30N2O2. The first-order valence-corrected chi connectivity index (χ1v) is 10.3. The zero-order valence-electron chi connectivity index (χ0n) is 15.8. The summed E-state index contributed by atoms with van der Waals surface area (Å²) in [5, 5.41) is 0. The van der Waals surface area contributed by atoms with Gasteiger partial charge >= 0.3 is 0 Å². The van der Waals surface area contributed by atoms with Gasteiger partial charge in [0.15, 0.2) is 0 Å². The molecule has 0 atom stereocenters. The molecule has 1 heterocycles. The third-order valence-electron chi connectivity index (χ3n) is 6.27. The Balaban J connectivity index is 1.49. The zero-order chi connectivity index (χ0) is 18.1. The quantitative estimate of drug-likeness (QED) is 0.802. The van der Waals surface area contributed by atoms with Gasteiger partial charge < -0.3 is 9.80 Å². The van der Waals surface area contributed by atoms with Gasteiger partial charge in [0.1, 0.15) is 0 Å². The average Bonchev–Trinajstić information content (AvgIpc) is 3.40. The van der Waals surface area contributed by atoms with Crippen LogP contribution in [-0.2, 0) is 11.3 Å². The van der Waals surface area contributed by atoms with Gasteiger partial charge in [-0.05, 0) is 68.6 Å². The second-order valence-corrected chi connectivity index (χ2v) is 8.48. The van der Waals surface area contributed by atoms with Crippen LogP contribution >= 0.6 is 0 Å². The molecule has 1 aromatic carbocycles. The van der Waals surface area contributed by atoms with Crippen LogP contribution in [0.2, 0.25) is 0 Å². The van der Waals surface area contributed by atoms with Crippen LogP contribution in [0.25, 0.3) is 0 Å². The molecule has 0 radical (unpaired) electrons. The first-order chi connectivity index (χ1) is 12.6. The van der Waals surface area contributed by atoms with Crippen LogP contribution in [0.1, 0.15) is 74.2 Å². The van der Waals surface area contributed by atoms with Gasteiger partial charge in [-0.25, -0.2) is 0 Å². The monoisotopic (exact) mass is 354 g/mol. The van der Waals surface area contributed by atoms with Crippen LogP contribution in [-0.4, -0.2) is 40.2 Å². The molecule has 2 saturated carbocycles. The lowest BCUT2D eigenvalue weighted by atomic mass is 9.86. The van der Waals surface area contributed by atoms with Gasteiger partial charge in [-0.1, -0.05) is 19.1 Å². The molecule has 2 amide bonds. The SMILES string of the molecule is CC1CCC(N(C(=O)c2cccc(CN3CCCC3=O)c2)C2CC2)CC1. The molecule has 3 aliphatic rings. The second-order valence-electron chi connectivity index (χ2n) is 8.48. The van der Waals surface area contributed by atoms with Crippen molar-refractivity contribution in [1.29, 1.82) is 0 Å². The molecule has 4 nitrogen and oxygen atoms in total. The Morgan fingerprint density at radius 2 is 1.81 bits per heavy atom. The maximum atomic E-state index is 13.3. The Morgan fingerprint density at radius 3 is 2.42 bits per heavy atom. The fourth-order valence-electron chi connectivity index (χ4n) is 4.55. The first kappa shape index (κ1) is 17.6. The van der Waals surface area contributed by atoms with Crippen molar-refractivity contribution in [1.82, 2.24) is 9.80 Å². The predicted molar refractivity (Wildman–Crippen MR) is 102 cm³/mol. The molecule has 2 aliphatic carbocycles. The van der Waals surface area contributed by atoms with Gasteiger partial charge in [0.25, 0.3) is 5.91 Å². The third-order valence-corrected chi connectivity index (χ3v) is 6.27. The van der Waals surface area contributed by atoms with E-state index >= 15 is 0 Å². The van der Waals surface area contributed by atoms with E-state index in [-0.39, 0.29) is 11.8 Å². The van der Waals surface area contributed by atoms with Crippen molar-refractivity contribution in [2.75, 3.05) is 6.54 Å². The highest BCUT2D eigenvalue weighted by atomic mass is 16.2. The van der Waals surface area contributed by atoms with Crippen LogP contribution < -0.4 is 0 Å². The van der Waals surface area contributed by atoms with Crippen molar-refractivity contribution in [3.63, 3.8) is 0 Å². The minimum absolute atomic E-state index is 0.196. The van der Waals surface area contributed by atoms with E-state index in [4.69, 9.17) is 0 Å². The zero-order valence-corrected chi connectivity index (χ0v) is 15.8. The van der Waals surface area contributed by atoms with E-state index < -0.39 is 0 Å². The standard InChI is InChI=1S/C22H30N2O2/c1-16-7-9-19(10-8-16)24(20-11-12-20)22(26)18-5-2-4-17(14-18)15-23-13-3-6-21(23)25/h2,4-5,14,16,19-20H,3,6-13,15H2,1H3. The normalized spacial score (nSPS) is 26.2. The summed E-state index contributed by atoms with van der Waals surface area (Å²) in [7, 11) is 0.